The maximum absolute atomic E-state index is 13.8. The molecule has 0 aliphatic rings. The van der Waals surface area contributed by atoms with E-state index in [0.29, 0.717) is 30.2 Å². The molecular formula is C17H19ClFNO. The molecule has 0 amide bonds. The number of aliphatic hydroxyl groups excluding tert-OH is 1. The van der Waals surface area contributed by atoms with Crippen LogP contribution in [0.25, 0.3) is 0 Å². The summed E-state index contributed by atoms with van der Waals surface area (Å²) in [4.78, 5) is 1.93. The Morgan fingerprint density at radius 3 is 2.43 bits per heavy atom. The van der Waals surface area contributed by atoms with Gasteiger partial charge < -0.3 is 10.0 Å². The molecular weight excluding hydrogens is 289 g/mol. The van der Waals surface area contributed by atoms with Crippen molar-refractivity contribution in [2.75, 3.05) is 18.0 Å². The van der Waals surface area contributed by atoms with Crippen LogP contribution in [0.4, 0.5) is 10.1 Å². The van der Waals surface area contributed by atoms with Gasteiger partial charge in [-0.25, -0.2) is 4.39 Å². The van der Waals surface area contributed by atoms with Crippen LogP contribution in [0.2, 0.25) is 5.02 Å². The van der Waals surface area contributed by atoms with Crippen molar-refractivity contribution >= 4 is 17.3 Å². The summed E-state index contributed by atoms with van der Waals surface area (Å²) in [7, 11) is 0. The highest BCUT2D eigenvalue weighted by atomic mass is 35.5. The van der Waals surface area contributed by atoms with Crippen molar-refractivity contribution in [3.63, 3.8) is 0 Å². The van der Waals surface area contributed by atoms with E-state index < -0.39 is 6.10 Å². The molecule has 2 nitrogen and oxygen atoms in total. The molecule has 0 radical (unpaired) electrons. The van der Waals surface area contributed by atoms with E-state index in [1.165, 1.54) is 6.07 Å². The molecule has 0 saturated carbocycles. The first kappa shape index (κ1) is 15.8. The maximum Gasteiger partial charge on any atom is 0.146 e. The van der Waals surface area contributed by atoms with Crippen molar-refractivity contribution in [3.8, 4) is 0 Å². The molecule has 0 bridgehead atoms. The predicted octanol–water partition coefficient (Wildman–Crippen LogP) is 4.43. The molecule has 0 aliphatic heterocycles. The average Bonchev–Trinajstić information content (AvgIpc) is 2.50. The molecule has 0 saturated heterocycles. The number of para-hydroxylation sites is 1. The standard InChI is InChI=1S/C17H19ClFNO/c1-2-20(16-6-4-3-5-15(16)19)12-11-17(21)13-7-9-14(18)10-8-13/h3-10,17,21H,2,11-12H2,1H3. The average molecular weight is 308 g/mol. The lowest BCUT2D eigenvalue weighted by Gasteiger charge is -2.25. The first-order chi connectivity index (χ1) is 10.1. The van der Waals surface area contributed by atoms with Gasteiger partial charge in [-0.3, -0.25) is 0 Å². The summed E-state index contributed by atoms with van der Waals surface area (Å²) in [5.74, 6) is -0.236. The Labute approximate surface area is 129 Å². The van der Waals surface area contributed by atoms with Gasteiger partial charge >= 0.3 is 0 Å². The third-order valence-electron chi connectivity index (χ3n) is 3.50. The topological polar surface area (TPSA) is 23.5 Å². The fourth-order valence-electron chi connectivity index (χ4n) is 2.29. The van der Waals surface area contributed by atoms with E-state index in [0.717, 1.165) is 5.56 Å². The first-order valence-corrected chi connectivity index (χ1v) is 7.42. The molecule has 112 valence electrons. The van der Waals surface area contributed by atoms with Crippen LogP contribution in [-0.4, -0.2) is 18.2 Å². The van der Waals surface area contributed by atoms with Gasteiger partial charge in [-0.15, -0.1) is 0 Å². The van der Waals surface area contributed by atoms with E-state index in [-0.39, 0.29) is 5.82 Å². The highest BCUT2D eigenvalue weighted by Crippen LogP contribution is 2.23. The minimum absolute atomic E-state index is 0.236. The molecule has 0 aromatic heterocycles. The second-order valence-corrected chi connectivity index (χ2v) is 5.32. The molecule has 0 aliphatic carbocycles. The fraction of sp³-hybridized carbons (Fsp3) is 0.294. The van der Waals surface area contributed by atoms with Crippen LogP contribution in [-0.2, 0) is 0 Å². The van der Waals surface area contributed by atoms with Crippen molar-refractivity contribution < 1.29 is 9.50 Å². The number of hydrogen-bond donors (Lipinski definition) is 1. The monoisotopic (exact) mass is 307 g/mol. The molecule has 1 atom stereocenters. The van der Waals surface area contributed by atoms with Gasteiger partial charge in [-0.1, -0.05) is 35.9 Å². The third kappa shape index (κ3) is 4.19. The van der Waals surface area contributed by atoms with Crippen molar-refractivity contribution in [2.45, 2.75) is 19.4 Å². The smallest absolute Gasteiger partial charge is 0.146 e. The summed E-state index contributed by atoms with van der Waals surface area (Å²) < 4.78 is 13.8. The minimum atomic E-state index is -0.580. The van der Waals surface area contributed by atoms with E-state index in [1.54, 1.807) is 24.3 Å². The third-order valence-corrected chi connectivity index (χ3v) is 3.75. The molecule has 2 aromatic rings. The van der Waals surface area contributed by atoms with Crippen molar-refractivity contribution in [1.29, 1.82) is 0 Å². The van der Waals surface area contributed by atoms with E-state index in [9.17, 15) is 9.50 Å². The second kappa shape index (κ2) is 7.43. The zero-order chi connectivity index (χ0) is 15.2. The molecule has 4 heteroatoms. The van der Waals surface area contributed by atoms with Crippen LogP contribution < -0.4 is 4.90 Å². The zero-order valence-electron chi connectivity index (χ0n) is 12.0. The Hall–Kier alpha value is -1.58. The van der Waals surface area contributed by atoms with E-state index in [1.807, 2.05) is 30.0 Å². The number of rotatable bonds is 6. The Bertz CT molecular complexity index is 573. The van der Waals surface area contributed by atoms with E-state index >= 15 is 0 Å². The highest BCUT2D eigenvalue weighted by molar-refractivity contribution is 6.30. The predicted molar refractivity (Wildman–Crippen MR) is 85.3 cm³/mol. The molecule has 21 heavy (non-hydrogen) atoms. The van der Waals surface area contributed by atoms with Gasteiger partial charge in [0.15, 0.2) is 0 Å². The number of nitrogens with zero attached hydrogens (tertiary/aromatic N) is 1. The summed E-state index contributed by atoms with van der Waals surface area (Å²) >= 11 is 5.83. The lowest BCUT2D eigenvalue weighted by Crippen LogP contribution is -2.26. The van der Waals surface area contributed by atoms with Gasteiger partial charge in [0.1, 0.15) is 5.82 Å². The highest BCUT2D eigenvalue weighted by Gasteiger charge is 2.13. The zero-order valence-corrected chi connectivity index (χ0v) is 12.7. The van der Waals surface area contributed by atoms with Gasteiger partial charge in [0.2, 0.25) is 0 Å². The number of benzene rings is 2. The van der Waals surface area contributed by atoms with Crippen LogP contribution in [0.5, 0.6) is 0 Å². The number of hydrogen-bond acceptors (Lipinski definition) is 2. The Morgan fingerprint density at radius 1 is 1.14 bits per heavy atom. The van der Waals surface area contributed by atoms with Crippen molar-refractivity contribution in [3.05, 3.63) is 64.9 Å². The van der Waals surface area contributed by atoms with Crippen LogP contribution in [0.15, 0.2) is 48.5 Å². The van der Waals surface area contributed by atoms with Gasteiger partial charge in [-0.2, -0.15) is 0 Å². The number of aliphatic hydroxyl groups is 1. The molecule has 2 rings (SSSR count). The molecule has 1 unspecified atom stereocenters. The Balaban J connectivity index is 2.00. The van der Waals surface area contributed by atoms with Gasteiger partial charge in [-0.05, 0) is 43.2 Å². The maximum atomic E-state index is 13.8. The molecule has 1 N–H and O–H groups in total. The fourth-order valence-corrected chi connectivity index (χ4v) is 2.41. The minimum Gasteiger partial charge on any atom is -0.388 e. The summed E-state index contributed by atoms with van der Waals surface area (Å²) in [6.45, 7) is 3.25. The van der Waals surface area contributed by atoms with Gasteiger partial charge in [0.25, 0.3) is 0 Å². The first-order valence-electron chi connectivity index (χ1n) is 7.04. The lowest BCUT2D eigenvalue weighted by molar-refractivity contribution is 0.169. The van der Waals surface area contributed by atoms with Gasteiger partial charge in [0, 0.05) is 18.1 Å². The van der Waals surface area contributed by atoms with E-state index in [2.05, 4.69) is 0 Å². The Kier molecular flexibility index (Phi) is 5.59. The van der Waals surface area contributed by atoms with Gasteiger partial charge in [0.05, 0.1) is 11.8 Å². The van der Waals surface area contributed by atoms with Crippen molar-refractivity contribution in [2.24, 2.45) is 0 Å². The van der Waals surface area contributed by atoms with Crippen LogP contribution >= 0.6 is 11.6 Å². The lowest BCUT2D eigenvalue weighted by atomic mass is 10.1. The van der Waals surface area contributed by atoms with Crippen molar-refractivity contribution in [1.82, 2.24) is 0 Å². The molecule has 0 heterocycles. The largest absolute Gasteiger partial charge is 0.388 e. The molecule has 0 fully saturated rings. The second-order valence-electron chi connectivity index (χ2n) is 4.89. The summed E-state index contributed by atoms with van der Waals surface area (Å²) in [6, 6.07) is 13.8. The molecule has 2 aromatic carbocycles. The summed E-state index contributed by atoms with van der Waals surface area (Å²) in [5, 5.41) is 10.9. The quantitative estimate of drug-likeness (QED) is 0.853. The SMILES string of the molecule is CCN(CCC(O)c1ccc(Cl)cc1)c1ccccc1F. The summed E-state index contributed by atoms with van der Waals surface area (Å²) in [5.41, 5.74) is 1.40. The number of halogens is 2. The summed E-state index contributed by atoms with van der Waals surface area (Å²) in [6.07, 6.45) is -0.0489. The van der Waals surface area contributed by atoms with Crippen LogP contribution in [0, 0.1) is 5.82 Å². The van der Waals surface area contributed by atoms with E-state index in [4.69, 9.17) is 11.6 Å². The van der Waals surface area contributed by atoms with Crippen LogP contribution in [0.1, 0.15) is 25.0 Å². The normalized spacial score (nSPS) is 12.2. The molecule has 0 spiro atoms. The number of anilines is 1. The Morgan fingerprint density at radius 2 is 1.81 bits per heavy atom. The van der Waals surface area contributed by atoms with Crippen LogP contribution in [0.3, 0.4) is 0 Å².